The van der Waals surface area contributed by atoms with Crippen molar-refractivity contribution in [3.05, 3.63) is 48.0 Å². The van der Waals surface area contributed by atoms with Crippen molar-refractivity contribution >= 4 is 40.3 Å². The lowest BCUT2D eigenvalue weighted by molar-refractivity contribution is 0.863. The van der Waals surface area contributed by atoms with Gasteiger partial charge in [0.2, 0.25) is 7.42 Å². The van der Waals surface area contributed by atoms with Crippen LogP contribution in [-0.2, 0) is 0 Å². The normalized spacial score (nSPS) is 13.2. The third-order valence-electron chi connectivity index (χ3n) is 2.87. The fourth-order valence-corrected chi connectivity index (χ4v) is 4.33. The van der Waals surface area contributed by atoms with E-state index in [1.54, 1.807) is 0 Å². The summed E-state index contributed by atoms with van der Waals surface area (Å²) in [6.45, 7) is 2.19. The van der Waals surface area contributed by atoms with E-state index in [4.69, 9.17) is 22.2 Å². The maximum atomic E-state index is 5.95. The first kappa shape index (κ1) is 12.0. The van der Waals surface area contributed by atoms with Gasteiger partial charge in [-0.3, -0.25) is 0 Å². The van der Waals surface area contributed by atoms with E-state index in [2.05, 4.69) is 49.4 Å². The Labute approximate surface area is 107 Å². The predicted octanol–water partition coefficient (Wildman–Crippen LogP) is 4.64. The highest BCUT2D eigenvalue weighted by Gasteiger charge is 2.11. The highest BCUT2D eigenvalue weighted by molar-refractivity contribution is 7.33. The lowest BCUT2D eigenvalue weighted by Crippen LogP contribution is -2.01. The van der Waals surface area contributed by atoms with E-state index in [1.807, 2.05) is 0 Å². The molecule has 16 heavy (non-hydrogen) atoms. The fraction of sp³-hybridized carbons (Fsp3) is 0.231. The Balaban J connectivity index is 2.32. The fourth-order valence-electron chi connectivity index (χ4n) is 1.92. The van der Waals surface area contributed by atoms with Crippen molar-refractivity contribution < 1.29 is 0 Å². The van der Waals surface area contributed by atoms with E-state index < -0.39 is 7.42 Å². The van der Waals surface area contributed by atoms with Crippen LogP contribution in [0.4, 0.5) is 0 Å². The van der Waals surface area contributed by atoms with E-state index >= 15 is 0 Å². The molecule has 0 aliphatic carbocycles. The van der Waals surface area contributed by atoms with Gasteiger partial charge in [0.1, 0.15) is 0 Å². The topological polar surface area (TPSA) is 0 Å². The van der Waals surface area contributed by atoms with Crippen molar-refractivity contribution in [1.29, 1.82) is 0 Å². The summed E-state index contributed by atoms with van der Waals surface area (Å²) in [4.78, 5) is 0. The Morgan fingerprint density at radius 2 is 1.75 bits per heavy atom. The molecule has 2 rings (SSSR count). The number of rotatable bonds is 3. The molecule has 0 heterocycles. The van der Waals surface area contributed by atoms with E-state index in [0.29, 0.717) is 5.92 Å². The molecule has 0 aliphatic rings. The van der Waals surface area contributed by atoms with Gasteiger partial charge in [-0.05, 0) is 28.3 Å². The molecule has 0 aliphatic heterocycles. The molecule has 0 fully saturated rings. The molecular formula is C13H14Cl2Si. The Bertz CT molecular complexity index is 482. The summed E-state index contributed by atoms with van der Waals surface area (Å²) in [5, 5.41) is 2.57. The SMILES string of the molecule is CC(C[SiH](Cl)Cl)c1ccc2ccccc2c1. The molecule has 1 atom stereocenters. The monoisotopic (exact) mass is 268 g/mol. The number of hydrogen-bond acceptors (Lipinski definition) is 0. The molecule has 0 bridgehead atoms. The van der Waals surface area contributed by atoms with Gasteiger partial charge in [-0.1, -0.05) is 49.4 Å². The summed E-state index contributed by atoms with van der Waals surface area (Å²) >= 11 is 11.9. The Kier molecular flexibility index (Phi) is 3.90. The highest BCUT2D eigenvalue weighted by atomic mass is 35.7. The molecule has 3 heteroatoms. The molecule has 0 N–H and O–H groups in total. The largest absolute Gasteiger partial charge is 0.237 e. The first-order valence-corrected chi connectivity index (χ1v) is 9.74. The Hall–Kier alpha value is -0.503. The molecule has 1 unspecified atom stereocenters. The lowest BCUT2D eigenvalue weighted by atomic mass is 9.99. The van der Waals surface area contributed by atoms with Gasteiger partial charge in [-0.15, -0.1) is 0 Å². The van der Waals surface area contributed by atoms with Crippen molar-refractivity contribution in [2.45, 2.75) is 18.9 Å². The van der Waals surface area contributed by atoms with Crippen molar-refractivity contribution in [1.82, 2.24) is 0 Å². The Morgan fingerprint density at radius 3 is 2.44 bits per heavy atom. The van der Waals surface area contributed by atoms with Crippen LogP contribution in [0.5, 0.6) is 0 Å². The van der Waals surface area contributed by atoms with Gasteiger partial charge >= 0.3 is 0 Å². The maximum absolute atomic E-state index is 5.95. The quantitative estimate of drug-likeness (QED) is 0.562. The zero-order valence-electron chi connectivity index (χ0n) is 9.16. The molecule has 0 radical (unpaired) electrons. The standard InChI is InChI=1S/C13H14Cl2Si/c1-10(9-16(14)15)12-7-6-11-4-2-3-5-13(11)8-12/h2-8,10,16H,9H2,1H3. The molecule has 2 aromatic rings. The highest BCUT2D eigenvalue weighted by Crippen LogP contribution is 2.26. The molecule has 0 aromatic heterocycles. The van der Waals surface area contributed by atoms with Crippen LogP contribution in [0.25, 0.3) is 10.8 Å². The molecule has 84 valence electrons. The van der Waals surface area contributed by atoms with Gasteiger partial charge < -0.3 is 0 Å². The first-order valence-electron chi connectivity index (χ1n) is 5.43. The van der Waals surface area contributed by atoms with E-state index in [1.165, 1.54) is 16.3 Å². The van der Waals surface area contributed by atoms with Gasteiger partial charge in [0.15, 0.2) is 0 Å². The van der Waals surface area contributed by atoms with Crippen LogP contribution < -0.4 is 0 Å². The number of hydrogen-bond donors (Lipinski definition) is 0. The summed E-state index contributed by atoms with van der Waals surface area (Å²) in [6, 6.07) is 15.9. The first-order chi connectivity index (χ1) is 7.66. The third kappa shape index (κ3) is 2.79. The maximum Gasteiger partial charge on any atom is 0.237 e. The summed E-state index contributed by atoms with van der Waals surface area (Å²) in [7, 11) is -1.52. The van der Waals surface area contributed by atoms with Crippen LogP contribution in [0.1, 0.15) is 18.4 Å². The molecular weight excluding hydrogens is 255 g/mol. The minimum absolute atomic E-state index is 0.455. The van der Waals surface area contributed by atoms with E-state index in [-0.39, 0.29) is 0 Å². The number of halogens is 2. The van der Waals surface area contributed by atoms with Crippen LogP contribution in [0, 0.1) is 0 Å². The number of benzene rings is 2. The second-order valence-electron chi connectivity index (χ2n) is 4.13. The second kappa shape index (κ2) is 5.22. The molecule has 0 amide bonds. The van der Waals surface area contributed by atoms with Gasteiger partial charge in [0.05, 0.1) is 0 Å². The predicted molar refractivity (Wildman–Crippen MR) is 76.0 cm³/mol. The summed E-state index contributed by atoms with van der Waals surface area (Å²) in [5.74, 6) is 0.455. The second-order valence-corrected chi connectivity index (χ2v) is 9.22. The van der Waals surface area contributed by atoms with Crippen LogP contribution in [0.15, 0.2) is 42.5 Å². The van der Waals surface area contributed by atoms with E-state index in [0.717, 1.165) is 6.04 Å². The molecule has 0 spiro atoms. The molecule has 0 nitrogen and oxygen atoms in total. The van der Waals surface area contributed by atoms with Crippen LogP contribution in [0.2, 0.25) is 6.04 Å². The van der Waals surface area contributed by atoms with Crippen molar-refractivity contribution in [2.24, 2.45) is 0 Å². The van der Waals surface area contributed by atoms with Crippen molar-refractivity contribution in [2.75, 3.05) is 0 Å². The van der Waals surface area contributed by atoms with Gasteiger partial charge in [-0.2, -0.15) is 22.2 Å². The van der Waals surface area contributed by atoms with Crippen LogP contribution in [0.3, 0.4) is 0 Å². The minimum atomic E-state index is -1.52. The smallest absolute Gasteiger partial charge is 0.150 e. The van der Waals surface area contributed by atoms with Crippen molar-refractivity contribution in [3.63, 3.8) is 0 Å². The zero-order valence-corrected chi connectivity index (χ0v) is 11.8. The third-order valence-corrected chi connectivity index (χ3v) is 5.01. The van der Waals surface area contributed by atoms with Crippen LogP contribution in [-0.4, -0.2) is 7.42 Å². The summed E-state index contributed by atoms with van der Waals surface area (Å²) in [5.41, 5.74) is 1.33. The number of fused-ring (bicyclic) bond motifs is 1. The zero-order chi connectivity index (χ0) is 11.5. The van der Waals surface area contributed by atoms with Gasteiger partial charge in [0, 0.05) is 0 Å². The lowest BCUT2D eigenvalue weighted by Gasteiger charge is -2.12. The minimum Gasteiger partial charge on any atom is -0.150 e. The summed E-state index contributed by atoms with van der Waals surface area (Å²) < 4.78 is 0. The van der Waals surface area contributed by atoms with Crippen molar-refractivity contribution in [3.8, 4) is 0 Å². The molecule has 2 aromatic carbocycles. The van der Waals surface area contributed by atoms with Gasteiger partial charge in [-0.25, -0.2) is 0 Å². The Morgan fingerprint density at radius 1 is 1.06 bits per heavy atom. The van der Waals surface area contributed by atoms with Crippen LogP contribution >= 0.6 is 22.2 Å². The average Bonchev–Trinajstić information content (AvgIpc) is 2.27. The molecule has 0 saturated carbocycles. The summed E-state index contributed by atoms with van der Waals surface area (Å²) in [6.07, 6.45) is 0. The molecule has 0 saturated heterocycles. The average molecular weight is 269 g/mol. The van der Waals surface area contributed by atoms with Gasteiger partial charge in [0.25, 0.3) is 0 Å². The van der Waals surface area contributed by atoms with E-state index in [9.17, 15) is 0 Å².